The van der Waals surface area contributed by atoms with Gasteiger partial charge in [0.1, 0.15) is 16.2 Å². The van der Waals surface area contributed by atoms with E-state index >= 15 is 0 Å². The van der Waals surface area contributed by atoms with Crippen molar-refractivity contribution in [3.8, 4) is 0 Å². The maximum Gasteiger partial charge on any atom is 0.233 e. The number of aromatic nitrogens is 2. The molecule has 4 rings (SSSR count). The molecule has 0 spiro atoms. The van der Waals surface area contributed by atoms with Gasteiger partial charge in [0, 0.05) is 22.8 Å². The largest absolute Gasteiger partial charge is 0.339 e. The minimum atomic E-state index is 0.290. The normalized spacial score (nSPS) is 23.7. The number of hydrogen-bond acceptors (Lipinski definition) is 5. The van der Waals surface area contributed by atoms with E-state index < -0.39 is 0 Å². The average Bonchev–Trinajstić information content (AvgIpc) is 2.94. The Labute approximate surface area is 157 Å². The summed E-state index contributed by atoms with van der Waals surface area (Å²) in [6.07, 6.45) is 9.22. The summed E-state index contributed by atoms with van der Waals surface area (Å²) in [6, 6.07) is 0.492. The van der Waals surface area contributed by atoms with Gasteiger partial charge < -0.3 is 4.90 Å². The fourth-order valence-corrected chi connectivity index (χ4v) is 6.41. The third-order valence-corrected chi connectivity index (χ3v) is 7.92. The van der Waals surface area contributed by atoms with Crippen molar-refractivity contribution >= 4 is 39.2 Å². The molecule has 2 aromatic heterocycles. The van der Waals surface area contributed by atoms with Gasteiger partial charge in [0.15, 0.2) is 0 Å². The van der Waals surface area contributed by atoms with Crippen LogP contribution in [0, 0.1) is 19.8 Å². The van der Waals surface area contributed by atoms with Gasteiger partial charge in [-0.25, -0.2) is 9.97 Å². The number of carbonyl (C=O) groups excluding carboxylic acids is 1. The summed E-state index contributed by atoms with van der Waals surface area (Å²) in [5.74, 6) is 1.52. The average molecular weight is 376 g/mol. The quantitative estimate of drug-likeness (QED) is 0.582. The summed E-state index contributed by atoms with van der Waals surface area (Å²) in [5.41, 5.74) is 1.25. The maximum absolute atomic E-state index is 12.9. The number of fused-ring (bicyclic) bond motifs is 2. The molecule has 3 heterocycles. The Bertz CT molecular complexity index is 786. The summed E-state index contributed by atoms with van der Waals surface area (Å²) in [7, 11) is 0. The van der Waals surface area contributed by atoms with Crippen LogP contribution in [0.1, 0.15) is 49.0 Å². The van der Waals surface area contributed by atoms with Gasteiger partial charge >= 0.3 is 0 Å². The number of carbonyl (C=O) groups is 1. The molecule has 0 bridgehead atoms. The van der Waals surface area contributed by atoms with Crippen molar-refractivity contribution in [2.24, 2.45) is 5.92 Å². The minimum Gasteiger partial charge on any atom is -0.339 e. The highest BCUT2D eigenvalue weighted by Gasteiger charge is 2.35. The fraction of sp³-hybridized carbons (Fsp3) is 0.632. The lowest BCUT2D eigenvalue weighted by Gasteiger charge is -2.44. The van der Waals surface area contributed by atoms with Crippen LogP contribution in [0.2, 0.25) is 0 Å². The lowest BCUT2D eigenvalue weighted by molar-refractivity contribution is -0.134. The van der Waals surface area contributed by atoms with Gasteiger partial charge in [-0.1, -0.05) is 24.6 Å². The van der Waals surface area contributed by atoms with Crippen LogP contribution in [0.3, 0.4) is 0 Å². The number of likely N-dealkylation sites (tertiary alicyclic amines) is 1. The lowest BCUT2D eigenvalue weighted by Crippen LogP contribution is -2.50. The van der Waals surface area contributed by atoms with Gasteiger partial charge in [-0.2, -0.15) is 0 Å². The van der Waals surface area contributed by atoms with Crippen LogP contribution in [-0.4, -0.2) is 39.1 Å². The smallest absolute Gasteiger partial charge is 0.233 e. The molecule has 2 atom stereocenters. The SMILES string of the molecule is Cc1sc2ncnc(SCC(=O)N3CCC[C@@H]4CCCC[C@@H]43)c2c1C. The summed E-state index contributed by atoms with van der Waals surface area (Å²) in [4.78, 5) is 26.3. The molecule has 1 saturated carbocycles. The molecule has 0 radical (unpaired) electrons. The van der Waals surface area contributed by atoms with E-state index in [0.717, 1.165) is 34.1 Å². The van der Waals surface area contributed by atoms with E-state index in [1.807, 2.05) is 0 Å². The van der Waals surface area contributed by atoms with E-state index in [0.29, 0.717) is 11.8 Å². The van der Waals surface area contributed by atoms with Crippen molar-refractivity contribution in [3.05, 3.63) is 16.8 Å². The van der Waals surface area contributed by atoms with Crippen LogP contribution in [0.25, 0.3) is 10.2 Å². The van der Waals surface area contributed by atoms with E-state index in [1.54, 1.807) is 29.4 Å². The topological polar surface area (TPSA) is 46.1 Å². The zero-order valence-corrected chi connectivity index (χ0v) is 16.6. The second-order valence-electron chi connectivity index (χ2n) is 7.27. The number of thioether (sulfide) groups is 1. The van der Waals surface area contributed by atoms with Crippen LogP contribution in [0.15, 0.2) is 11.4 Å². The first kappa shape index (κ1) is 17.3. The molecule has 6 heteroatoms. The van der Waals surface area contributed by atoms with E-state index in [-0.39, 0.29) is 5.91 Å². The van der Waals surface area contributed by atoms with Crippen molar-refractivity contribution in [1.82, 2.24) is 14.9 Å². The van der Waals surface area contributed by atoms with E-state index in [2.05, 4.69) is 28.7 Å². The summed E-state index contributed by atoms with van der Waals surface area (Å²) >= 11 is 3.29. The molecule has 0 unspecified atom stereocenters. The van der Waals surface area contributed by atoms with Crippen LogP contribution in [0.4, 0.5) is 0 Å². The van der Waals surface area contributed by atoms with Crippen LogP contribution in [-0.2, 0) is 4.79 Å². The standard InChI is InChI=1S/C19H25N3OS2/c1-12-13(2)25-19-17(12)18(20-11-21-19)24-10-16(23)22-9-5-7-14-6-3-4-8-15(14)22/h11,14-15H,3-10H2,1-2H3/t14-,15-/m0/s1. The second kappa shape index (κ2) is 7.23. The van der Waals surface area contributed by atoms with Gasteiger partial charge in [-0.05, 0) is 51.0 Å². The van der Waals surface area contributed by atoms with Gasteiger partial charge in [0.2, 0.25) is 5.91 Å². The minimum absolute atomic E-state index is 0.290. The van der Waals surface area contributed by atoms with Gasteiger partial charge in [-0.3, -0.25) is 4.79 Å². The number of piperidine rings is 1. The van der Waals surface area contributed by atoms with Crippen molar-refractivity contribution in [1.29, 1.82) is 0 Å². The number of nitrogens with zero attached hydrogens (tertiary/aromatic N) is 3. The van der Waals surface area contributed by atoms with Crippen molar-refractivity contribution in [3.63, 3.8) is 0 Å². The summed E-state index contributed by atoms with van der Waals surface area (Å²) in [5, 5.41) is 2.09. The van der Waals surface area contributed by atoms with Crippen LogP contribution in [0.5, 0.6) is 0 Å². The molecule has 1 aliphatic carbocycles. The second-order valence-corrected chi connectivity index (χ2v) is 9.44. The zero-order valence-electron chi connectivity index (χ0n) is 15.0. The Kier molecular flexibility index (Phi) is 5.00. The highest BCUT2D eigenvalue weighted by Crippen LogP contribution is 2.37. The maximum atomic E-state index is 12.9. The number of amides is 1. The van der Waals surface area contributed by atoms with Gasteiger partial charge in [0.05, 0.1) is 5.75 Å². The first-order valence-corrected chi connectivity index (χ1v) is 11.1. The fourth-order valence-electron chi connectivity index (χ4n) is 4.41. The highest BCUT2D eigenvalue weighted by atomic mass is 32.2. The predicted octanol–water partition coefficient (Wildman–Crippen LogP) is 4.58. The lowest BCUT2D eigenvalue weighted by atomic mass is 9.78. The van der Waals surface area contributed by atoms with Crippen LogP contribution >= 0.6 is 23.1 Å². The molecule has 134 valence electrons. The molecule has 2 aliphatic rings. The Morgan fingerprint density at radius 1 is 1.24 bits per heavy atom. The highest BCUT2D eigenvalue weighted by molar-refractivity contribution is 8.00. The molecule has 0 aromatic carbocycles. The van der Waals surface area contributed by atoms with Crippen molar-refractivity contribution in [2.45, 2.75) is 63.4 Å². The Balaban J connectivity index is 1.49. The van der Waals surface area contributed by atoms with Gasteiger partial charge in [-0.15, -0.1) is 11.3 Å². The molecule has 0 N–H and O–H groups in total. The number of rotatable bonds is 3. The Morgan fingerprint density at radius 2 is 2.04 bits per heavy atom. The van der Waals surface area contributed by atoms with Gasteiger partial charge in [0.25, 0.3) is 0 Å². The summed E-state index contributed by atoms with van der Waals surface area (Å²) in [6.45, 7) is 5.19. The predicted molar refractivity (Wildman–Crippen MR) is 104 cm³/mol. The molecule has 1 saturated heterocycles. The third kappa shape index (κ3) is 3.31. The monoisotopic (exact) mass is 375 g/mol. The number of thiophene rings is 1. The number of hydrogen-bond donors (Lipinski definition) is 0. The van der Waals surface area contributed by atoms with E-state index in [4.69, 9.17) is 0 Å². The molecular formula is C19H25N3OS2. The molecule has 2 aromatic rings. The first-order chi connectivity index (χ1) is 12.1. The molecule has 1 aliphatic heterocycles. The first-order valence-electron chi connectivity index (χ1n) is 9.28. The van der Waals surface area contributed by atoms with Crippen LogP contribution < -0.4 is 0 Å². The third-order valence-electron chi connectivity index (χ3n) is 5.83. The zero-order chi connectivity index (χ0) is 17.4. The number of aryl methyl sites for hydroxylation is 2. The van der Waals surface area contributed by atoms with Crippen molar-refractivity contribution in [2.75, 3.05) is 12.3 Å². The molecule has 2 fully saturated rings. The van der Waals surface area contributed by atoms with E-state index in [1.165, 1.54) is 42.5 Å². The summed E-state index contributed by atoms with van der Waals surface area (Å²) < 4.78 is 0. The van der Waals surface area contributed by atoms with E-state index in [9.17, 15) is 4.79 Å². The Morgan fingerprint density at radius 3 is 2.92 bits per heavy atom. The molecule has 25 heavy (non-hydrogen) atoms. The van der Waals surface area contributed by atoms with Crippen molar-refractivity contribution < 1.29 is 4.79 Å². The molecular weight excluding hydrogens is 350 g/mol. The Hall–Kier alpha value is -1.14. The molecule has 1 amide bonds. The molecule has 4 nitrogen and oxygen atoms in total.